The summed E-state index contributed by atoms with van der Waals surface area (Å²) >= 11 is 4.67. The fourth-order valence-electron chi connectivity index (χ4n) is 0. The van der Waals surface area contributed by atoms with E-state index in [-0.39, 0.29) is 34.3 Å². The number of hydrogen-bond acceptors (Lipinski definition) is 2. The van der Waals surface area contributed by atoms with Crippen molar-refractivity contribution in [2.75, 3.05) is 5.88 Å². The minimum absolute atomic E-state index is 0. The molecule has 0 aromatic carbocycles. The van der Waals surface area contributed by atoms with Crippen LogP contribution in [0.3, 0.4) is 0 Å². The maximum atomic E-state index is 9.12. The number of carboxylic acids is 1. The summed E-state index contributed by atoms with van der Waals surface area (Å²) in [6, 6.07) is 0. The topological polar surface area (TPSA) is 40.1 Å². The molecule has 0 heterocycles. The second-order valence-corrected chi connectivity index (χ2v) is 0.773. The zero-order chi connectivity index (χ0) is 4.28. The van der Waals surface area contributed by atoms with E-state index < -0.39 is 11.8 Å². The largest absolute Gasteiger partial charge is 1.00 e. The molecule has 0 radical (unpaired) electrons. The quantitative estimate of drug-likeness (QED) is 0.273. The molecule has 0 aromatic heterocycles. The Morgan fingerprint density at radius 3 is 1.86 bits per heavy atom. The van der Waals surface area contributed by atoms with Crippen LogP contribution in [0.15, 0.2) is 0 Å². The monoisotopic (exact) mass is 136 g/mol. The predicted octanol–water partition coefficient (Wildman–Crippen LogP) is -3.87. The van der Waals surface area contributed by atoms with Crippen LogP contribution in [0.2, 0.25) is 0 Å². The van der Waals surface area contributed by atoms with E-state index >= 15 is 0 Å². The molecule has 0 atom stereocenters. The number of carbonyl (C=O) groups excluding carboxylic acids is 1. The van der Waals surface area contributed by atoms with Crippen LogP contribution in [-0.2, 0) is 4.79 Å². The van der Waals surface area contributed by atoms with Gasteiger partial charge in [-0.15, -0.1) is 11.6 Å². The Morgan fingerprint density at radius 2 is 1.86 bits per heavy atom. The van der Waals surface area contributed by atoms with Gasteiger partial charge in [0.05, 0.1) is 11.8 Å². The molecule has 0 fully saturated rings. The fourth-order valence-corrected chi connectivity index (χ4v) is 0. The number of aliphatic carboxylic acids is 1. The number of rotatable bonds is 1. The first kappa shape index (κ1) is 15.6. The van der Waals surface area contributed by atoms with Gasteiger partial charge in [-0.25, -0.2) is 0 Å². The van der Waals surface area contributed by atoms with Crippen molar-refractivity contribution in [1.82, 2.24) is 0 Å². The third-order valence-electron chi connectivity index (χ3n) is 0.109. The van der Waals surface area contributed by atoms with Gasteiger partial charge < -0.3 is 9.90 Å². The summed E-state index contributed by atoms with van der Waals surface area (Å²) in [7, 11) is 0. The van der Waals surface area contributed by atoms with Gasteiger partial charge in [-0.2, -0.15) is 0 Å². The van der Waals surface area contributed by atoms with Gasteiger partial charge in [-0.05, 0) is 0 Å². The number of carboxylic acid groups (broad SMARTS) is 1. The van der Waals surface area contributed by atoms with Crippen LogP contribution >= 0.6 is 11.6 Å². The molecule has 0 aromatic rings. The van der Waals surface area contributed by atoms with Crippen LogP contribution in [0, 0.1) is 0 Å². The molecule has 0 N–H and O–H groups in total. The third kappa shape index (κ3) is 20.3. The number of alkyl halides is 1. The van der Waals surface area contributed by atoms with Crippen LogP contribution < -0.4 is 34.7 Å². The molecular weight excluding hydrogens is 133 g/mol. The van der Waals surface area contributed by atoms with E-state index in [9.17, 15) is 0 Å². The molecule has 0 unspecified atom stereocenters. The van der Waals surface area contributed by atoms with Gasteiger partial charge in [-0.3, -0.25) is 4.70 Å². The number of halogens is 2. The first-order valence-corrected chi connectivity index (χ1v) is 1.56. The summed E-state index contributed by atoms with van der Waals surface area (Å²) < 4.78 is 0. The zero-order valence-corrected chi connectivity index (χ0v) is 6.57. The molecule has 0 rings (SSSR count). The maximum absolute atomic E-state index is 9.12. The Hall–Kier alpha value is 0.690. The summed E-state index contributed by atoms with van der Waals surface area (Å²) in [6.07, 6.45) is 0. The molecule has 0 saturated heterocycles. The molecule has 0 aliphatic carbocycles. The van der Waals surface area contributed by atoms with Crippen molar-refractivity contribution in [3.05, 3.63) is 0 Å². The maximum Gasteiger partial charge on any atom is 1.00 e. The Morgan fingerprint density at radius 1 is 1.71 bits per heavy atom. The molecule has 7 heavy (non-hydrogen) atoms. The van der Waals surface area contributed by atoms with Crippen LogP contribution in [-0.4, -0.2) is 11.8 Å². The Bertz CT molecular complexity index is 51.0. The normalized spacial score (nSPS) is 5.29. The van der Waals surface area contributed by atoms with Gasteiger partial charge in [0, 0.05) is 0 Å². The van der Waals surface area contributed by atoms with Gasteiger partial charge in [0.15, 0.2) is 0 Å². The molecule has 38 valence electrons. The summed E-state index contributed by atoms with van der Waals surface area (Å²) in [5.41, 5.74) is 0. The Labute approximate surface area is 67.5 Å². The SMILES string of the molecule is F.O=C([O-])CCl.[Na+]. The molecule has 0 aliphatic heterocycles. The molecule has 0 bridgehead atoms. The average molecular weight is 136 g/mol. The summed E-state index contributed by atoms with van der Waals surface area (Å²) in [5.74, 6) is -1.65. The van der Waals surface area contributed by atoms with Crippen LogP contribution in [0.25, 0.3) is 0 Å². The van der Waals surface area contributed by atoms with Gasteiger partial charge in [-0.1, -0.05) is 0 Å². The predicted molar refractivity (Wildman–Crippen MR) is 18.2 cm³/mol. The molecule has 2 nitrogen and oxygen atoms in total. The summed E-state index contributed by atoms with van der Waals surface area (Å²) in [4.78, 5) is 9.12. The molecule has 0 amide bonds. The van der Waals surface area contributed by atoms with Crippen molar-refractivity contribution in [2.45, 2.75) is 0 Å². The molecule has 0 aliphatic rings. The van der Waals surface area contributed by atoms with Gasteiger partial charge in [0.2, 0.25) is 0 Å². The van der Waals surface area contributed by atoms with E-state index in [1.54, 1.807) is 0 Å². The van der Waals surface area contributed by atoms with E-state index in [4.69, 9.17) is 9.90 Å². The minimum atomic E-state index is -1.23. The van der Waals surface area contributed by atoms with Crippen molar-refractivity contribution < 1.29 is 44.2 Å². The number of hydrogen-bond donors (Lipinski definition) is 0. The van der Waals surface area contributed by atoms with Gasteiger partial charge >= 0.3 is 29.6 Å². The third-order valence-corrected chi connectivity index (χ3v) is 0.327. The van der Waals surface area contributed by atoms with Crippen molar-refractivity contribution in [2.24, 2.45) is 0 Å². The van der Waals surface area contributed by atoms with Crippen LogP contribution in [0.4, 0.5) is 4.70 Å². The second-order valence-electron chi connectivity index (χ2n) is 0.506. The fraction of sp³-hybridized carbons (Fsp3) is 0.500. The Balaban J connectivity index is -0.0000000800. The van der Waals surface area contributed by atoms with Crippen molar-refractivity contribution >= 4 is 17.6 Å². The molecule has 0 saturated carbocycles. The molecule has 0 spiro atoms. The number of carbonyl (C=O) groups is 1. The smallest absolute Gasteiger partial charge is 0.549 e. The van der Waals surface area contributed by atoms with Crippen LogP contribution in [0.5, 0.6) is 0 Å². The molecule has 5 heteroatoms. The summed E-state index contributed by atoms with van der Waals surface area (Å²) in [6.45, 7) is 0. The van der Waals surface area contributed by atoms with E-state index in [1.807, 2.05) is 0 Å². The van der Waals surface area contributed by atoms with Crippen molar-refractivity contribution in [1.29, 1.82) is 0 Å². The zero-order valence-electron chi connectivity index (χ0n) is 3.81. The first-order chi connectivity index (χ1) is 2.27. The van der Waals surface area contributed by atoms with E-state index in [2.05, 4.69) is 11.6 Å². The Kier molecular flexibility index (Phi) is 22.0. The van der Waals surface area contributed by atoms with E-state index in [1.165, 1.54) is 0 Å². The standard InChI is InChI=1S/C2H3ClO2.FH.Na/c3-1-2(4)5;;/h1H2,(H,4,5);1H;/q;;+1/p-1. The average Bonchev–Trinajstić information content (AvgIpc) is 1.38. The molecular formula is C2H3ClFNaO2. The van der Waals surface area contributed by atoms with Gasteiger partial charge in [0.25, 0.3) is 0 Å². The van der Waals surface area contributed by atoms with Crippen molar-refractivity contribution in [3.63, 3.8) is 0 Å². The van der Waals surface area contributed by atoms with Crippen LogP contribution in [0.1, 0.15) is 0 Å². The van der Waals surface area contributed by atoms with E-state index in [0.29, 0.717) is 0 Å². The minimum Gasteiger partial charge on any atom is -0.549 e. The second kappa shape index (κ2) is 9.85. The summed E-state index contributed by atoms with van der Waals surface area (Å²) in [5, 5.41) is 9.12. The van der Waals surface area contributed by atoms with Crippen molar-refractivity contribution in [3.8, 4) is 0 Å². The van der Waals surface area contributed by atoms with Gasteiger partial charge in [0.1, 0.15) is 0 Å². The first-order valence-electron chi connectivity index (χ1n) is 1.03. The van der Waals surface area contributed by atoms with E-state index in [0.717, 1.165) is 0 Å².